The first kappa shape index (κ1) is 19.0. The molecule has 2 atom stereocenters. The van der Waals surface area contributed by atoms with Crippen LogP contribution >= 0.6 is 7.82 Å². The lowest BCUT2D eigenvalue weighted by Crippen LogP contribution is -2.23. The van der Waals surface area contributed by atoms with Crippen LogP contribution in [-0.2, 0) is 15.6 Å². The molecule has 152 valence electrons. The number of hydrogen-bond donors (Lipinski definition) is 1. The van der Waals surface area contributed by atoms with Crippen LogP contribution in [0.3, 0.4) is 0 Å². The van der Waals surface area contributed by atoms with Gasteiger partial charge in [0.05, 0.1) is 16.7 Å². The molecule has 0 spiro atoms. The van der Waals surface area contributed by atoms with E-state index < -0.39 is 13.6 Å². The number of carbonyl (C=O) groups is 2. The summed E-state index contributed by atoms with van der Waals surface area (Å²) in [6, 6.07) is 12.5. The number of rotatable bonds is 3. The number of aromatic nitrogens is 1. The number of nitrogens with zero attached hydrogens (tertiary/aromatic N) is 1. The molecule has 1 aromatic heterocycles. The van der Waals surface area contributed by atoms with Gasteiger partial charge in [-0.15, -0.1) is 0 Å². The summed E-state index contributed by atoms with van der Waals surface area (Å²) in [6.07, 6.45) is 1.70. The molecule has 1 aliphatic heterocycles. The summed E-state index contributed by atoms with van der Waals surface area (Å²) in [5.41, 5.74) is 3.90. The molecule has 8 heteroatoms. The lowest BCUT2D eigenvalue weighted by Gasteiger charge is -2.27. The average Bonchev–Trinajstić information content (AvgIpc) is 3.12. The molecule has 0 radical (unpaired) electrons. The number of hydrogen-bond acceptors (Lipinski definition) is 5. The van der Waals surface area contributed by atoms with Gasteiger partial charge in [0.1, 0.15) is 5.75 Å². The number of benzene rings is 2. The molecule has 5 rings (SSSR count). The largest absolute Gasteiger partial charge is 0.527 e. The monoisotopic (exact) mass is 423 g/mol. The second-order valence-electron chi connectivity index (χ2n) is 7.43. The topological polar surface area (TPSA) is 94.8 Å². The third-order valence-electron chi connectivity index (χ3n) is 5.81. The maximum atomic E-state index is 13.4. The van der Waals surface area contributed by atoms with Gasteiger partial charge in [0.15, 0.2) is 11.6 Å². The van der Waals surface area contributed by atoms with Crippen LogP contribution in [0, 0.1) is 0 Å². The summed E-state index contributed by atoms with van der Waals surface area (Å²) in [4.78, 5) is 36.5. The summed E-state index contributed by atoms with van der Waals surface area (Å²) in [5.74, 6) is -0.910. The van der Waals surface area contributed by atoms with E-state index in [1.165, 1.54) is 18.2 Å². The molecule has 30 heavy (non-hydrogen) atoms. The highest BCUT2D eigenvalue weighted by molar-refractivity contribution is 7.47. The van der Waals surface area contributed by atoms with E-state index >= 15 is 0 Å². The molecule has 2 heterocycles. The quantitative estimate of drug-likeness (QED) is 0.502. The van der Waals surface area contributed by atoms with E-state index in [0.717, 1.165) is 23.9 Å². The first-order chi connectivity index (χ1) is 14.3. The van der Waals surface area contributed by atoms with Gasteiger partial charge in [0.2, 0.25) is 0 Å². The van der Waals surface area contributed by atoms with Crippen LogP contribution in [0.25, 0.3) is 0 Å². The lowest BCUT2D eigenvalue weighted by atomic mass is 9.81. The predicted molar refractivity (Wildman–Crippen MR) is 108 cm³/mol. The van der Waals surface area contributed by atoms with Crippen molar-refractivity contribution in [3.05, 3.63) is 87.7 Å². The van der Waals surface area contributed by atoms with Crippen LogP contribution in [-0.4, -0.2) is 28.1 Å². The molecule has 1 aliphatic carbocycles. The Morgan fingerprint density at radius 3 is 2.53 bits per heavy atom. The second-order valence-corrected chi connectivity index (χ2v) is 8.92. The minimum atomic E-state index is -4.40. The van der Waals surface area contributed by atoms with E-state index in [9.17, 15) is 19.0 Å². The van der Waals surface area contributed by atoms with Crippen molar-refractivity contribution < 1.29 is 28.1 Å². The molecular formula is C22H18NO6P. The standard InChI is InChI=1S/C22H18NO6P/c1-12-14-7-4-3-6-13(14)10-23-11-16-19(20(12)23)21(24)15-8-5-9-17(18(15)22(16)25)29-30(26,27)28-2/h3-9,11-12H,10H2,1-2H3,(H,26,27). The zero-order valence-electron chi connectivity index (χ0n) is 16.3. The van der Waals surface area contributed by atoms with Gasteiger partial charge in [-0.3, -0.25) is 19.0 Å². The molecule has 2 unspecified atom stereocenters. The first-order valence-corrected chi connectivity index (χ1v) is 10.9. The lowest BCUT2D eigenvalue weighted by molar-refractivity contribution is 0.0977. The smallest absolute Gasteiger partial charge is 0.403 e. The Kier molecular flexibility index (Phi) is 4.12. The molecule has 0 bridgehead atoms. The number of carbonyl (C=O) groups excluding carboxylic acids is 2. The van der Waals surface area contributed by atoms with Crippen molar-refractivity contribution in [2.45, 2.75) is 19.4 Å². The van der Waals surface area contributed by atoms with Gasteiger partial charge in [-0.25, -0.2) is 4.57 Å². The molecule has 0 saturated carbocycles. The van der Waals surface area contributed by atoms with Crippen LogP contribution in [0.1, 0.15) is 61.5 Å². The van der Waals surface area contributed by atoms with Gasteiger partial charge in [0, 0.05) is 37.0 Å². The third kappa shape index (κ3) is 2.63. The van der Waals surface area contributed by atoms with Gasteiger partial charge >= 0.3 is 7.82 Å². The highest BCUT2D eigenvalue weighted by atomic mass is 31.2. The molecule has 7 nitrogen and oxygen atoms in total. The van der Waals surface area contributed by atoms with Gasteiger partial charge in [-0.1, -0.05) is 43.3 Å². The third-order valence-corrected chi connectivity index (χ3v) is 6.70. The Hall–Kier alpha value is -2.99. The van der Waals surface area contributed by atoms with Crippen LogP contribution < -0.4 is 4.52 Å². The Balaban J connectivity index is 1.68. The molecule has 0 amide bonds. The summed E-state index contributed by atoms with van der Waals surface area (Å²) in [6.45, 7) is 2.59. The fraction of sp³-hybridized carbons (Fsp3) is 0.182. The Morgan fingerprint density at radius 2 is 1.77 bits per heavy atom. The predicted octanol–water partition coefficient (Wildman–Crippen LogP) is 3.90. The van der Waals surface area contributed by atoms with Crippen molar-refractivity contribution >= 4 is 19.4 Å². The van der Waals surface area contributed by atoms with Crippen molar-refractivity contribution in [2.75, 3.05) is 7.11 Å². The van der Waals surface area contributed by atoms with E-state index in [1.54, 1.807) is 6.20 Å². The van der Waals surface area contributed by atoms with Crippen molar-refractivity contribution in [1.29, 1.82) is 0 Å². The maximum absolute atomic E-state index is 13.4. The molecule has 0 saturated heterocycles. The summed E-state index contributed by atoms with van der Waals surface area (Å²) >= 11 is 0. The number of ketones is 2. The fourth-order valence-electron chi connectivity index (χ4n) is 4.47. The minimum absolute atomic E-state index is 0.0190. The van der Waals surface area contributed by atoms with Gasteiger partial charge in [0.25, 0.3) is 0 Å². The molecule has 3 aromatic rings. The van der Waals surface area contributed by atoms with Crippen LogP contribution in [0.15, 0.2) is 48.7 Å². The Labute approximate surface area is 172 Å². The normalized spacial score (nSPS) is 18.7. The molecule has 1 N–H and O–H groups in total. The van der Waals surface area contributed by atoms with E-state index in [0.29, 0.717) is 12.1 Å². The second kappa shape index (κ2) is 6.51. The van der Waals surface area contributed by atoms with Crippen molar-refractivity contribution in [1.82, 2.24) is 4.57 Å². The number of phosphoric ester groups is 1. The SMILES string of the molecule is COP(=O)(O)Oc1cccc2c1C(=O)c1cn3c(c1C2=O)C(C)c1ccccc1C3. The molecule has 0 fully saturated rings. The Morgan fingerprint density at radius 1 is 1.03 bits per heavy atom. The number of phosphoric acid groups is 1. The maximum Gasteiger partial charge on any atom is 0.527 e. The molecule has 2 aliphatic rings. The van der Waals surface area contributed by atoms with Crippen molar-refractivity contribution in [2.24, 2.45) is 0 Å². The van der Waals surface area contributed by atoms with Crippen LogP contribution in [0.2, 0.25) is 0 Å². The van der Waals surface area contributed by atoms with Crippen LogP contribution in [0.5, 0.6) is 5.75 Å². The van der Waals surface area contributed by atoms with Gasteiger partial charge < -0.3 is 9.09 Å². The van der Waals surface area contributed by atoms with E-state index in [1.807, 2.05) is 35.8 Å². The van der Waals surface area contributed by atoms with Crippen molar-refractivity contribution in [3.8, 4) is 5.75 Å². The van der Waals surface area contributed by atoms with Crippen molar-refractivity contribution in [3.63, 3.8) is 0 Å². The summed E-state index contributed by atoms with van der Waals surface area (Å²) < 4.78 is 23.4. The van der Waals surface area contributed by atoms with E-state index in [4.69, 9.17) is 4.52 Å². The zero-order valence-corrected chi connectivity index (χ0v) is 17.2. The fourth-order valence-corrected chi connectivity index (χ4v) is 4.95. The highest BCUT2D eigenvalue weighted by Gasteiger charge is 2.40. The summed E-state index contributed by atoms with van der Waals surface area (Å²) in [5, 5.41) is 0. The van der Waals surface area contributed by atoms with Gasteiger partial charge in [-0.05, 0) is 17.2 Å². The van der Waals surface area contributed by atoms with Crippen LogP contribution in [0.4, 0.5) is 0 Å². The first-order valence-electron chi connectivity index (χ1n) is 9.43. The van der Waals surface area contributed by atoms with Gasteiger partial charge in [-0.2, -0.15) is 0 Å². The summed E-state index contributed by atoms with van der Waals surface area (Å²) in [7, 11) is -3.37. The Bertz CT molecular complexity index is 1290. The van der Waals surface area contributed by atoms with E-state index in [-0.39, 0.29) is 34.1 Å². The van der Waals surface area contributed by atoms with E-state index in [2.05, 4.69) is 4.52 Å². The number of fused-ring (bicyclic) bond motifs is 5. The molecular weight excluding hydrogens is 405 g/mol. The zero-order chi connectivity index (χ0) is 21.2. The molecule has 2 aromatic carbocycles. The average molecular weight is 423 g/mol. The highest BCUT2D eigenvalue weighted by Crippen LogP contribution is 2.47. The minimum Gasteiger partial charge on any atom is -0.403 e.